The maximum atomic E-state index is 12.8. The molecule has 0 aliphatic carbocycles. The SMILES string of the molecule is O=C(NCCn1nnc2cc(S(=O)(=O)N3CCCC3)ccc21)Nc1cccc(C(F)(F)F)c1. The largest absolute Gasteiger partial charge is 0.416 e. The first-order valence-electron chi connectivity index (χ1n) is 10.2. The van der Waals surface area contributed by atoms with Gasteiger partial charge in [0, 0.05) is 25.3 Å². The number of hydrogen-bond donors (Lipinski definition) is 2. The zero-order valence-electron chi connectivity index (χ0n) is 17.3. The van der Waals surface area contributed by atoms with E-state index >= 15 is 0 Å². The smallest absolute Gasteiger partial charge is 0.336 e. The summed E-state index contributed by atoms with van der Waals surface area (Å²) in [5.41, 5.74) is 0.153. The molecule has 2 aromatic carbocycles. The van der Waals surface area contributed by atoms with Gasteiger partial charge >= 0.3 is 12.2 Å². The van der Waals surface area contributed by atoms with Crippen molar-refractivity contribution in [3.05, 3.63) is 48.0 Å². The first-order valence-corrected chi connectivity index (χ1v) is 11.6. The number of halogens is 3. The van der Waals surface area contributed by atoms with Crippen LogP contribution in [0.15, 0.2) is 47.4 Å². The minimum absolute atomic E-state index is 0.0141. The van der Waals surface area contributed by atoms with Crippen LogP contribution in [0.25, 0.3) is 11.0 Å². The van der Waals surface area contributed by atoms with Crippen molar-refractivity contribution >= 4 is 32.8 Å². The number of urea groups is 1. The van der Waals surface area contributed by atoms with E-state index in [1.807, 2.05) is 0 Å². The Kier molecular flexibility index (Phi) is 6.26. The van der Waals surface area contributed by atoms with Crippen LogP contribution in [0.1, 0.15) is 18.4 Å². The maximum Gasteiger partial charge on any atom is 0.416 e. The number of sulfonamides is 1. The Balaban J connectivity index is 1.36. The number of nitrogens with zero attached hydrogens (tertiary/aromatic N) is 4. The van der Waals surface area contributed by atoms with E-state index in [4.69, 9.17) is 0 Å². The van der Waals surface area contributed by atoms with E-state index < -0.39 is 27.8 Å². The molecule has 2 amide bonds. The fourth-order valence-corrected chi connectivity index (χ4v) is 5.12. The van der Waals surface area contributed by atoms with Crippen LogP contribution in [0.3, 0.4) is 0 Å². The predicted octanol–water partition coefficient (Wildman–Crippen LogP) is 3.06. The number of nitrogens with one attached hydrogen (secondary N) is 2. The van der Waals surface area contributed by atoms with Gasteiger partial charge in [-0.1, -0.05) is 11.3 Å². The molecule has 1 aliphatic heterocycles. The molecule has 13 heteroatoms. The predicted molar refractivity (Wildman–Crippen MR) is 114 cm³/mol. The second-order valence-electron chi connectivity index (χ2n) is 7.53. The molecule has 0 saturated carbocycles. The van der Waals surface area contributed by atoms with Crippen LogP contribution in [0.2, 0.25) is 0 Å². The lowest BCUT2D eigenvalue weighted by Crippen LogP contribution is -2.31. The number of benzene rings is 2. The molecule has 33 heavy (non-hydrogen) atoms. The van der Waals surface area contributed by atoms with Crippen LogP contribution in [0.5, 0.6) is 0 Å². The highest BCUT2D eigenvalue weighted by atomic mass is 32.2. The maximum absolute atomic E-state index is 12.8. The van der Waals surface area contributed by atoms with Gasteiger partial charge in [0.05, 0.1) is 22.5 Å². The molecule has 4 rings (SSSR count). The Morgan fingerprint density at radius 2 is 1.85 bits per heavy atom. The summed E-state index contributed by atoms with van der Waals surface area (Å²) in [6, 6.07) is 8.24. The second-order valence-corrected chi connectivity index (χ2v) is 9.47. The minimum Gasteiger partial charge on any atom is -0.336 e. The number of carbonyl (C=O) groups is 1. The molecule has 1 aromatic heterocycles. The van der Waals surface area contributed by atoms with E-state index in [0.717, 1.165) is 25.0 Å². The highest BCUT2D eigenvalue weighted by molar-refractivity contribution is 7.89. The fraction of sp³-hybridized carbons (Fsp3) is 0.350. The Labute approximate surface area is 187 Å². The molecule has 1 fully saturated rings. The number of fused-ring (bicyclic) bond motifs is 1. The second kappa shape index (κ2) is 8.98. The third-order valence-electron chi connectivity index (χ3n) is 5.25. The molecule has 0 radical (unpaired) electrons. The van der Waals surface area contributed by atoms with Gasteiger partial charge < -0.3 is 10.6 Å². The molecule has 1 saturated heterocycles. The van der Waals surface area contributed by atoms with Crippen LogP contribution >= 0.6 is 0 Å². The summed E-state index contributed by atoms with van der Waals surface area (Å²) in [4.78, 5) is 12.2. The van der Waals surface area contributed by atoms with E-state index in [1.54, 1.807) is 6.07 Å². The molecule has 176 valence electrons. The van der Waals surface area contributed by atoms with E-state index in [0.29, 0.717) is 24.1 Å². The van der Waals surface area contributed by atoms with Gasteiger partial charge in [-0.3, -0.25) is 0 Å². The van der Waals surface area contributed by atoms with Crippen molar-refractivity contribution in [3.63, 3.8) is 0 Å². The van der Waals surface area contributed by atoms with Crippen molar-refractivity contribution < 1.29 is 26.4 Å². The zero-order chi connectivity index (χ0) is 23.6. The topological polar surface area (TPSA) is 109 Å². The first-order chi connectivity index (χ1) is 15.6. The van der Waals surface area contributed by atoms with Crippen LogP contribution in [-0.4, -0.2) is 53.4 Å². The van der Waals surface area contributed by atoms with E-state index in [1.165, 1.54) is 33.3 Å². The highest BCUT2D eigenvalue weighted by Gasteiger charge is 2.30. The van der Waals surface area contributed by atoms with Crippen molar-refractivity contribution in [1.82, 2.24) is 24.6 Å². The molecule has 0 spiro atoms. The fourth-order valence-electron chi connectivity index (χ4n) is 3.58. The Morgan fingerprint density at radius 1 is 1.09 bits per heavy atom. The molecule has 9 nitrogen and oxygen atoms in total. The van der Waals surface area contributed by atoms with Crippen LogP contribution in [-0.2, 0) is 22.7 Å². The van der Waals surface area contributed by atoms with Crippen molar-refractivity contribution in [2.45, 2.75) is 30.5 Å². The van der Waals surface area contributed by atoms with Gasteiger partial charge in [-0.2, -0.15) is 17.5 Å². The van der Waals surface area contributed by atoms with Gasteiger partial charge in [-0.25, -0.2) is 17.9 Å². The average molecular weight is 482 g/mol. The Bertz CT molecular complexity index is 1270. The van der Waals surface area contributed by atoms with Crippen LogP contribution in [0, 0.1) is 0 Å². The summed E-state index contributed by atoms with van der Waals surface area (Å²) in [6.45, 7) is 1.35. The number of carbonyl (C=O) groups excluding carboxylic acids is 1. The molecule has 0 unspecified atom stereocenters. The lowest BCUT2D eigenvalue weighted by atomic mass is 10.2. The van der Waals surface area contributed by atoms with Gasteiger partial charge in [0.2, 0.25) is 10.0 Å². The van der Waals surface area contributed by atoms with Crippen molar-refractivity contribution in [3.8, 4) is 0 Å². The summed E-state index contributed by atoms with van der Waals surface area (Å²) in [5, 5.41) is 12.9. The number of rotatable bonds is 6. The van der Waals surface area contributed by atoms with Crippen molar-refractivity contribution in [1.29, 1.82) is 0 Å². The number of aromatic nitrogens is 3. The van der Waals surface area contributed by atoms with E-state index in [2.05, 4.69) is 20.9 Å². The molecule has 0 atom stereocenters. The van der Waals surface area contributed by atoms with Crippen LogP contribution < -0.4 is 10.6 Å². The molecular formula is C20H21F3N6O3S. The van der Waals surface area contributed by atoms with E-state index in [-0.39, 0.29) is 23.7 Å². The molecule has 2 N–H and O–H groups in total. The van der Waals surface area contributed by atoms with Gasteiger partial charge in [-0.05, 0) is 49.2 Å². The summed E-state index contributed by atoms with van der Waals surface area (Å²) in [7, 11) is -3.57. The van der Waals surface area contributed by atoms with Gasteiger partial charge in [0.15, 0.2) is 0 Å². The van der Waals surface area contributed by atoms with Crippen molar-refractivity contribution in [2.75, 3.05) is 25.0 Å². The average Bonchev–Trinajstić information content (AvgIpc) is 3.44. The summed E-state index contributed by atoms with van der Waals surface area (Å²) < 4.78 is 66.7. The highest BCUT2D eigenvalue weighted by Crippen LogP contribution is 2.30. The summed E-state index contributed by atoms with van der Waals surface area (Å²) >= 11 is 0. The molecule has 0 bridgehead atoms. The minimum atomic E-state index is -4.50. The van der Waals surface area contributed by atoms with Gasteiger partial charge in [0.1, 0.15) is 5.52 Å². The normalized spacial score (nSPS) is 15.1. The lowest BCUT2D eigenvalue weighted by Gasteiger charge is -2.15. The first kappa shape index (κ1) is 23.0. The Hall–Kier alpha value is -3.19. The summed E-state index contributed by atoms with van der Waals surface area (Å²) in [6.07, 6.45) is -2.83. The van der Waals surface area contributed by atoms with Gasteiger partial charge in [0.25, 0.3) is 0 Å². The third kappa shape index (κ3) is 5.09. The third-order valence-corrected chi connectivity index (χ3v) is 7.14. The summed E-state index contributed by atoms with van der Waals surface area (Å²) in [5.74, 6) is 0. The molecular weight excluding hydrogens is 461 g/mol. The number of amides is 2. The quantitative estimate of drug-likeness (QED) is 0.561. The lowest BCUT2D eigenvalue weighted by molar-refractivity contribution is -0.137. The van der Waals surface area contributed by atoms with Crippen molar-refractivity contribution in [2.24, 2.45) is 0 Å². The zero-order valence-corrected chi connectivity index (χ0v) is 18.2. The number of alkyl halides is 3. The Morgan fingerprint density at radius 3 is 2.58 bits per heavy atom. The molecule has 2 heterocycles. The van der Waals surface area contributed by atoms with Gasteiger partial charge in [-0.15, -0.1) is 5.10 Å². The number of anilines is 1. The molecule has 3 aromatic rings. The molecule has 1 aliphatic rings. The monoisotopic (exact) mass is 482 g/mol. The number of hydrogen-bond acceptors (Lipinski definition) is 5. The van der Waals surface area contributed by atoms with Crippen LogP contribution in [0.4, 0.5) is 23.7 Å². The van der Waals surface area contributed by atoms with E-state index in [9.17, 15) is 26.4 Å². The standard InChI is InChI=1S/C20H21F3N6O3S/c21-20(22,23)14-4-3-5-15(12-14)25-19(30)24-8-11-29-18-7-6-16(13-17(18)26-27-29)33(31,32)28-9-1-2-10-28/h3-7,12-13H,1-2,8-11H2,(H2,24,25,30).